The molecule has 0 unspecified atom stereocenters. The molecule has 2 fully saturated rings. The average Bonchev–Trinajstić information content (AvgIpc) is 2.88. The van der Waals surface area contributed by atoms with Crippen molar-refractivity contribution in [1.82, 2.24) is 10.2 Å². The zero-order valence-electron chi connectivity index (χ0n) is 10.6. The van der Waals surface area contributed by atoms with Gasteiger partial charge >= 0.3 is 0 Å². The lowest BCUT2D eigenvalue weighted by Gasteiger charge is -2.17. The van der Waals surface area contributed by atoms with Crippen molar-refractivity contribution < 1.29 is 4.79 Å². The van der Waals surface area contributed by atoms with Crippen LogP contribution in [0, 0.1) is 18.8 Å². The number of aryl methyl sites for hydroxylation is 1. The topological polar surface area (TPSA) is 32.3 Å². The summed E-state index contributed by atoms with van der Waals surface area (Å²) in [6, 6.07) is 7.89. The first-order valence-electron chi connectivity index (χ1n) is 6.30. The van der Waals surface area contributed by atoms with Crippen LogP contribution in [0.5, 0.6) is 0 Å². The van der Waals surface area contributed by atoms with Gasteiger partial charge in [0, 0.05) is 31.7 Å². The first kappa shape index (κ1) is 13.4. The third kappa shape index (κ3) is 2.38. The molecule has 98 valence electrons. The molecule has 2 saturated heterocycles. The second kappa shape index (κ2) is 5.29. The maximum Gasteiger partial charge on any atom is 0.253 e. The van der Waals surface area contributed by atoms with E-state index in [4.69, 9.17) is 0 Å². The van der Waals surface area contributed by atoms with Crippen molar-refractivity contribution in [2.45, 2.75) is 6.92 Å². The quantitative estimate of drug-likeness (QED) is 0.839. The van der Waals surface area contributed by atoms with Gasteiger partial charge in [-0.25, -0.2) is 0 Å². The van der Waals surface area contributed by atoms with E-state index in [1.54, 1.807) is 0 Å². The molecule has 1 aromatic carbocycles. The van der Waals surface area contributed by atoms with Gasteiger partial charge in [-0.05, 0) is 30.9 Å². The Balaban J connectivity index is 0.00000120. The second-order valence-electron chi connectivity index (χ2n) is 5.26. The fourth-order valence-electron chi connectivity index (χ4n) is 2.98. The standard InChI is InChI=1S/C14H18N2O.ClH/c1-10-3-2-4-11(5-10)14(17)16-8-12-6-15-7-13(12)9-16;/h2-5,12-13,15H,6-9H2,1H3;1H/t12-,13+;. The van der Waals surface area contributed by atoms with Crippen LogP contribution < -0.4 is 5.32 Å². The largest absolute Gasteiger partial charge is 0.338 e. The van der Waals surface area contributed by atoms with E-state index in [1.807, 2.05) is 36.1 Å². The smallest absolute Gasteiger partial charge is 0.253 e. The molecule has 2 aliphatic rings. The molecule has 1 aromatic rings. The summed E-state index contributed by atoms with van der Waals surface area (Å²) >= 11 is 0. The van der Waals surface area contributed by atoms with Crippen molar-refractivity contribution in [2.24, 2.45) is 11.8 Å². The summed E-state index contributed by atoms with van der Waals surface area (Å²) in [7, 11) is 0. The Morgan fingerprint density at radius 1 is 1.28 bits per heavy atom. The zero-order chi connectivity index (χ0) is 11.8. The van der Waals surface area contributed by atoms with Gasteiger partial charge in [0.15, 0.2) is 0 Å². The van der Waals surface area contributed by atoms with Crippen molar-refractivity contribution in [3.05, 3.63) is 35.4 Å². The van der Waals surface area contributed by atoms with E-state index >= 15 is 0 Å². The molecule has 1 N–H and O–H groups in total. The number of likely N-dealkylation sites (tertiary alicyclic amines) is 1. The maximum atomic E-state index is 12.3. The zero-order valence-corrected chi connectivity index (χ0v) is 11.4. The van der Waals surface area contributed by atoms with E-state index < -0.39 is 0 Å². The van der Waals surface area contributed by atoms with Crippen LogP contribution in [-0.4, -0.2) is 37.0 Å². The van der Waals surface area contributed by atoms with Crippen molar-refractivity contribution >= 4 is 18.3 Å². The molecule has 1 amide bonds. The number of amides is 1. The minimum Gasteiger partial charge on any atom is -0.338 e. The van der Waals surface area contributed by atoms with E-state index in [-0.39, 0.29) is 18.3 Å². The molecule has 0 spiro atoms. The molecule has 2 atom stereocenters. The second-order valence-corrected chi connectivity index (χ2v) is 5.26. The van der Waals surface area contributed by atoms with E-state index in [2.05, 4.69) is 5.32 Å². The van der Waals surface area contributed by atoms with Crippen molar-refractivity contribution in [3.8, 4) is 0 Å². The number of nitrogens with zero attached hydrogens (tertiary/aromatic N) is 1. The minimum atomic E-state index is 0. The summed E-state index contributed by atoms with van der Waals surface area (Å²) in [5, 5.41) is 3.39. The molecule has 0 aromatic heterocycles. The third-order valence-electron chi connectivity index (χ3n) is 3.94. The lowest BCUT2D eigenvalue weighted by Crippen LogP contribution is -2.31. The van der Waals surface area contributed by atoms with Gasteiger partial charge in [0.05, 0.1) is 0 Å². The Kier molecular flexibility index (Phi) is 3.93. The molecule has 4 heteroatoms. The van der Waals surface area contributed by atoms with E-state index in [1.165, 1.54) is 0 Å². The highest BCUT2D eigenvalue weighted by Crippen LogP contribution is 2.27. The monoisotopic (exact) mass is 266 g/mol. The highest BCUT2D eigenvalue weighted by molar-refractivity contribution is 5.94. The number of carbonyl (C=O) groups is 1. The van der Waals surface area contributed by atoms with Gasteiger partial charge in [0.25, 0.3) is 5.91 Å². The summed E-state index contributed by atoms with van der Waals surface area (Å²) in [5.41, 5.74) is 1.98. The molecule has 0 saturated carbocycles. The van der Waals surface area contributed by atoms with Crippen LogP contribution in [0.15, 0.2) is 24.3 Å². The Hall–Kier alpha value is -1.06. The van der Waals surface area contributed by atoms with Gasteiger partial charge in [-0.1, -0.05) is 17.7 Å². The highest BCUT2D eigenvalue weighted by atomic mass is 35.5. The number of halogens is 1. The van der Waals surface area contributed by atoms with Gasteiger partial charge in [-0.15, -0.1) is 12.4 Å². The van der Waals surface area contributed by atoms with E-state index in [0.29, 0.717) is 11.8 Å². The molecule has 18 heavy (non-hydrogen) atoms. The fourth-order valence-corrected chi connectivity index (χ4v) is 2.98. The van der Waals surface area contributed by atoms with Crippen LogP contribution in [-0.2, 0) is 0 Å². The molecule has 3 nitrogen and oxygen atoms in total. The summed E-state index contributed by atoms with van der Waals surface area (Å²) < 4.78 is 0. The third-order valence-corrected chi connectivity index (χ3v) is 3.94. The summed E-state index contributed by atoms with van der Waals surface area (Å²) in [6.07, 6.45) is 0. The van der Waals surface area contributed by atoms with E-state index in [0.717, 1.165) is 37.3 Å². The number of rotatable bonds is 1. The SMILES string of the molecule is Cc1cccc(C(=O)N2C[C@H]3CNC[C@H]3C2)c1.Cl. The van der Waals surface area contributed by atoms with Gasteiger partial charge in [0.1, 0.15) is 0 Å². The Labute approximate surface area is 114 Å². The lowest BCUT2D eigenvalue weighted by molar-refractivity contribution is 0.0781. The number of hydrogen-bond donors (Lipinski definition) is 1. The van der Waals surface area contributed by atoms with Gasteiger partial charge in [-0.3, -0.25) is 4.79 Å². The van der Waals surface area contributed by atoms with Crippen LogP contribution in [0.3, 0.4) is 0 Å². The normalized spacial score (nSPS) is 25.7. The van der Waals surface area contributed by atoms with Gasteiger partial charge in [0.2, 0.25) is 0 Å². The molecule has 0 bridgehead atoms. The number of benzene rings is 1. The first-order chi connectivity index (χ1) is 8.24. The molecule has 2 aliphatic heterocycles. The molecular formula is C14H19ClN2O. The Morgan fingerprint density at radius 3 is 2.56 bits per heavy atom. The van der Waals surface area contributed by atoms with Gasteiger partial charge in [-0.2, -0.15) is 0 Å². The molecule has 0 aliphatic carbocycles. The molecule has 3 rings (SSSR count). The predicted molar refractivity (Wildman–Crippen MR) is 74.2 cm³/mol. The number of nitrogens with one attached hydrogen (secondary N) is 1. The van der Waals surface area contributed by atoms with E-state index in [9.17, 15) is 4.79 Å². The average molecular weight is 267 g/mol. The van der Waals surface area contributed by atoms with Crippen molar-refractivity contribution in [1.29, 1.82) is 0 Å². The van der Waals surface area contributed by atoms with Crippen molar-refractivity contribution in [2.75, 3.05) is 26.2 Å². The van der Waals surface area contributed by atoms with Crippen LogP contribution in [0.2, 0.25) is 0 Å². The number of carbonyl (C=O) groups excluding carboxylic acids is 1. The van der Waals surface area contributed by atoms with Crippen LogP contribution in [0.25, 0.3) is 0 Å². The lowest BCUT2D eigenvalue weighted by atomic mass is 10.0. The fraction of sp³-hybridized carbons (Fsp3) is 0.500. The number of hydrogen-bond acceptors (Lipinski definition) is 2. The number of fused-ring (bicyclic) bond motifs is 1. The first-order valence-corrected chi connectivity index (χ1v) is 6.30. The molecule has 2 heterocycles. The van der Waals surface area contributed by atoms with Crippen molar-refractivity contribution in [3.63, 3.8) is 0 Å². The van der Waals surface area contributed by atoms with Crippen LogP contribution in [0.4, 0.5) is 0 Å². The maximum absolute atomic E-state index is 12.3. The highest BCUT2D eigenvalue weighted by Gasteiger charge is 2.38. The Bertz CT molecular complexity index is 437. The summed E-state index contributed by atoms with van der Waals surface area (Å²) in [5.74, 6) is 1.54. The summed E-state index contributed by atoms with van der Waals surface area (Å²) in [4.78, 5) is 14.4. The van der Waals surface area contributed by atoms with Crippen LogP contribution >= 0.6 is 12.4 Å². The van der Waals surface area contributed by atoms with Gasteiger partial charge < -0.3 is 10.2 Å². The minimum absolute atomic E-state index is 0. The summed E-state index contributed by atoms with van der Waals surface area (Å²) in [6.45, 7) is 6.01. The Morgan fingerprint density at radius 2 is 1.94 bits per heavy atom. The molecule has 0 radical (unpaired) electrons. The molecular weight excluding hydrogens is 248 g/mol. The van der Waals surface area contributed by atoms with Crippen LogP contribution in [0.1, 0.15) is 15.9 Å². The predicted octanol–water partition coefficient (Wildman–Crippen LogP) is 1.71.